The van der Waals surface area contributed by atoms with Crippen molar-refractivity contribution in [2.24, 2.45) is 0 Å². The Kier molecular flexibility index (Phi) is 7.99. The number of methoxy groups -OCH3 is 1. The van der Waals surface area contributed by atoms with E-state index in [9.17, 15) is 23.3 Å². The van der Waals surface area contributed by atoms with Crippen LogP contribution in [0.4, 0.5) is 11.4 Å². The summed E-state index contributed by atoms with van der Waals surface area (Å²) >= 11 is 0. The summed E-state index contributed by atoms with van der Waals surface area (Å²) in [4.78, 5) is 23.6. The molecule has 0 heterocycles. The third-order valence-electron chi connectivity index (χ3n) is 5.58. The second-order valence-electron chi connectivity index (χ2n) is 9.01. The Bertz CT molecular complexity index is 1340. The molecule has 1 amide bonds. The lowest BCUT2D eigenvalue weighted by Crippen LogP contribution is -2.50. The highest BCUT2D eigenvalue weighted by Gasteiger charge is 2.31. The van der Waals surface area contributed by atoms with Crippen molar-refractivity contribution in [3.63, 3.8) is 0 Å². The molecule has 3 aromatic rings. The number of sulfonamides is 1. The van der Waals surface area contributed by atoms with E-state index >= 15 is 0 Å². The van der Waals surface area contributed by atoms with Gasteiger partial charge in [0, 0.05) is 17.2 Å². The van der Waals surface area contributed by atoms with Crippen molar-refractivity contribution in [1.82, 2.24) is 5.32 Å². The predicted octanol–water partition coefficient (Wildman–Crippen LogP) is 4.24. The van der Waals surface area contributed by atoms with Crippen molar-refractivity contribution in [2.75, 3.05) is 18.0 Å². The first-order valence-electron chi connectivity index (χ1n) is 11.2. The van der Waals surface area contributed by atoms with Crippen molar-refractivity contribution >= 4 is 27.3 Å². The molecular formula is C26H29N3O6S. The molecule has 3 aromatic carbocycles. The van der Waals surface area contributed by atoms with Gasteiger partial charge in [-0.3, -0.25) is 19.2 Å². The van der Waals surface area contributed by atoms with E-state index in [1.54, 1.807) is 12.1 Å². The first kappa shape index (κ1) is 26.7. The van der Waals surface area contributed by atoms with Crippen molar-refractivity contribution < 1.29 is 22.9 Å². The van der Waals surface area contributed by atoms with Crippen LogP contribution in [0.1, 0.15) is 25.0 Å². The van der Waals surface area contributed by atoms with Gasteiger partial charge in [-0.05, 0) is 63.1 Å². The van der Waals surface area contributed by atoms with Gasteiger partial charge in [0.15, 0.2) is 0 Å². The molecule has 0 radical (unpaired) electrons. The number of benzene rings is 3. The average molecular weight is 512 g/mol. The van der Waals surface area contributed by atoms with Crippen LogP contribution in [0, 0.1) is 17.0 Å². The van der Waals surface area contributed by atoms with Crippen molar-refractivity contribution in [1.29, 1.82) is 0 Å². The molecule has 190 valence electrons. The van der Waals surface area contributed by atoms with E-state index in [2.05, 4.69) is 5.32 Å². The van der Waals surface area contributed by atoms with Crippen molar-refractivity contribution in [2.45, 2.75) is 37.6 Å². The van der Waals surface area contributed by atoms with Crippen LogP contribution in [-0.4, -0.2) is 38.4 Å². The average Bonchev–Trinajstić information content (AvgIpc) is 2.82. The Morgan fingerprint density at radius 1 is 1.06 bits per heavy atom. The Morgan fingerprint density at radius 2 is 1.69 bits per heavy atom. The van der Waals surface area contributed by atoms with Crippen LogP contribution < -0.4 is 14.4 Å². The molecule has 0 bridgehead atoms. The number of rotatable bonds is 10. The molecule has 0 spiro atoms. The number of hydrogen-bond acceptors (Lipinski definition) is 6. The van der Waals surface area contributed by atoms with E-state index in [1.807, 2.05) is 44.2 Å². The number of nitrogens with zero attached hydrogens (tertiary/aromatic N) is 2. The summed E-state index contributed by atoms with van der Waals surface area (Å²) in [6, 6.07) is 19.5. The molecule has 0 fully saturated rings. The van der Waals surface area contributed by atoms with Gasteiger partial charge in [-0.15, -0.1) is 0 Å². The number of nitro groups is 1. The fraction of sp³-hybridized carbons (Fsp3) is 0.269. The predicted molar refractivity (Wildman–Crippen MR) is 138 cm³/mol. The van der Waals surface area contributed by atoms with Gasteiger partial charge in [-0.2, -0.15) is 0 Å². The van der Waals surface area contributed by atoms with Gasteiger partial charge in [0.1, 0.15) is 12.3 Å². The summed E-state index contributed by atoms with van der Waals surface area (Å²) in [6.45, 7) is 4.72. The Morgan fingerprint density at radius 3 is 2.28 bits per heavy atom. The van der Waals surface area contributed by atoms with Crippen LogP contribution in [0.2, 0.25) is 0 Å². The number of carbonyl (C=O) groups excluding carboxylic acids is 1. The highest BCUT2D eigenvalue weighted by Crippen LogP contribution is 2.29. The second-order valence-corrected chi connectivity index (χ2v) is 10.9. The van der Waals surface area contributed by atoms with E-state index in [-0.39, 0.29) is 16.3 Å². The SMILES string of the molecule is COc1ccc(N(CC(=O)NC(C)(C)Cc2ccccc2)S(=O)(=O)c2ccc(C)c([N+](=O)[O-])c2)cc1. The van der Waals surface area contributed by atoms with Crippen LogP contribution in [0.15, 0.2) is 77.7 Å². The molecule has 0 aliphatic heterocycles. The smallest absolute Gasteiger partial charge is 0.273 e. The number of hydrogen-bond donors (Lipinski definition) is 1. The molecule has 0 aliphatic carbocycles. The molecule has 0 atom stereocenters. The first-order valence-corrected chi connectivity index (χ1v) is 12.6. The zero-order valence-electron chi connectivity index (χ0n) is 20.6. The summed E-state index contributed by atoms with van der Waals surface area (Å²) in [5, 5.41) is 14.3. The molecule has 10 heteroatoms. The molecule has 0 aliphatic rings. The minimum atomic E-state index is -4.33. The Labute approximate surface area is 210 Å². The van der Waals surface area contributed by atoms with Gasteiger partial charge in [0.05, 0.1) is 22.6 Å². The quantitative estimate of drug-likeness (QED) is 0.321. The lowest BCUT2D eigenvalue weighted by molar-refractivity contribution is -0.385. The number of amides is 1. The number of aryl methyl sites for hydroxylation is 1. The maximum atomic E-state index is 13.7. The standard InChI is InChI=1S/C26H29N3O6S/c1-19-10-15-23(16-24(19)29(31)32)36(33,34)28(21-11-13-22(35-4)14-12-21)18-25(30)27-26(2,3)17-20-8-6-5-7-9-20/h5-16H,17-18H2,1-4H3,(H,27,30). The number of anilines is 1. The summed E-state index contributed by atoms with van der Waals surface area (Å²) in [6.07, 6.45) is 0.541. The summed E-state index contributed by atoms with van der Waals surface area (Å²) in [7, 11) is -2.85. The van der Waals surface area contributed by atoms with Crippen molar-refractivity contribution in [3.8, 4) is 5.75 Å². The summed E-state index contributed by atoms with van der Waals surface area (Å²) in [5.41, 5.74) is 0.593. The van der Waals surface area contributed by atoms with Gasteiger partial charge in [-0.1, -0.05) is 36.4 Å². The Balaban J connectivity index is 1.94. The molecule has 36 heavy (non-hydrogen) atoms. The van der Waals surface area contributed by atoms with E-state index in [0.717, 1.165) is 15.9 Å². The minimum absolute atomic E-state index is 0.218. The monoisotopic (exact) mass is 511 g/mol. The number of ether oxygens (including phenoxy) is 1. The highest BCUT2D eigenvalue weighted by atomic mass is 32.2. The van der Waals surface area contributed by atoms with Crippen LogP contribution >= 0.6 is 0 Å². The van der Waals surface area contributed by atoms with Gasteiger partial charge in [0.2, 0.25) is 5.91 Å². The largest absolute Gasteiger partial charge is 0.497 e. The zero-order valence-corrected chi connectivity index (χ0v) is 21.4. The molecule has 9 nitrogen and oxygen atoms in total. The van der Waals surface area contributed by atoms with E-state index in [4.69, 9.17) is 4.74 Å². The van der Waals surface area contributed by atoms with E-state index in [0.29, 0.717) is 17.7 Å². The summed E-state index contributed by atoms with van der Waals surface area (Å²) < 4.78 is 33.4. The number of carbonyl (C=O) groups is 1. The van der Waals surface area contributed by atoms with E-state index < -0.39 is 32.9 Å². The normalized spacial score (nSPS) is 11.6. The lowest BCUT2D eigenvalue weighted by Gasteiger charge is -2.29. The lowest BCUT2D eigenvalue weighted by atomic mass is 9.95. The molecule has 1 N–H and O–H groups in total. The molecule has 0 aromatic heterocycles. The van der Waals surface area contributed by atoms with Crippen molar-refractivity contribution in [3.05, 3.63) is 94.0 Å². The molecular weight excluding hydrogens is 482 g/mol. The van der Waals surface area contributed by atoms with Crippen LogP contribution in [0.25, 0.3) is 0 Å². The fourth-order valence-electron chi connectivity index (χ4n) is 3.83. The third-order valence-corrected chi connectivity index (χ3v) is 7.35. The van der Waals surface area contributed by atoms with Gasteiger partial charge < -0.3 is 10.1 Å². The highest BCUT2D eigenvalue weighted by molar-refractivity contribution is 7.92. The van der Waals surface area contributed by atoms with Gasteiger partial charge in [0.25, 0.3) is 15.7 Å². The molecule has 0 saturated carbocycles. The fourth-order valence-corrected chi connectivity index (χ4v) is 5.28. The zero-order chi connectivity index (χ0) is 26.5. The molecule has 0 unspecified atom stereocenters. The summed E-state index contributed by atoms with van der Waals surface area (Å²) in [5.74, 6) is -0.00699. The molecule has 3 rings (SSSR count). The topological polar surface area (TPSA) is 119 Å². The van der Waals surface area contributed by atoms with Gasteiger partial charge >= 0.3 is 0 Å². The van der Waals surface area contributed by atoms with Crippen LogP contribution in [0.3, 0.4) is 0 Å². The number of nitro benzene ring substituents is 1. The maximum absolute atomic E-state index is 13.7. The Hall–Kier alpha value is -3.92. The van der Waals surface area contributed by atoms with E-state index in [1.165, 1.54) is 38.3 Å². The maximum Gasteiger partial charge on any atom is 0.273 e. The second kappa shape index (κ2) is 10.8. The third kappa shape index (κ3) is 6.39. The minimum Gasteiger partial charge on any atom is -0.497 e. The number of nitrogens with one attached hydrogen (secondary N) is 1. The van der Waals surface area contributed by atoms with Crippen LogP contribution in [0.5, 0.6) is 5.75 Å². The van der Waals surface area contributed by atoms with Gasteiger partial charge in [-0.25, -0.2) is 8.42 Å². The van der Waals surface area contributed by atoms with Crippen LogP contribution in [-0.2, 0) is 21.2 Å². The first-order chi connectivity index (χ1) is 16.9. The molecule has 0 saturated heterocycles.